The van der Waals surface area contributed by atoms with Crippen molar-refractivity contribution in [3.63, 3.8) is 0 Å². The summed E-state index contributed by atoms with van der Waals surface area (Å²) in [4.78, 5) is 0. The Labute approximate surface area is 127 Å². The van der Waals surface area contributed by atoms with Gasteiger partial charge < -0.3 is 4.74 Å². The van der Waals surface area contributed by atoms with Crippen LogP contribution < -0.4 is 4.74 Å². The van der Waals surface area contributed by atoms with Crippen LogP contribution in [0.25, 0.3) is 11.1 Å². The molecule has 0 saturated heterocycles. The van der Waals surface area contributed by atoms with E-state index in [1.54, 1.807) is 0 Å². The van der Waals surface area contributed by atoms with Crippen LogP contribution in [0.5, 0.6) is 5.75 Å². The Balaban J connectivity index is 2.27. The van der Waals surface area contributed by atoms with Crippen LogP contribution in [0.2, 0.25) is 0 Å². The minimum absolute atomic E-state index is 0.345. The first kappa shape index (κ1) is 14.9. The first-order valence-electron chi connectivity index (χ1n) is 7.08. The van der Waals surface area contributed by atoms with Crippen molar-refractivity contribution in [1.82, 2.24) is 0 Å². The molecule has 0 N–H and O–H groups in total. The maximum absolute atomic E-state index is 13.2. The highest BCUT2D eigenvalue weighted by Gasteiger charge is 2.34. The zero-order valence-corrected chi connectivity index (χ0v) is 12.4. The van der Waals surface area contributed by atoms with Gasteiger partial charge in [-0.15, -0.1) is 0 Å². The summed E-state index contributed by atoms with van der Waals surface area (Å²) in [6.07, 6.45) is -4.32. The maximum atomic E-state index is 13.2. The summed E-state index contributed by atoms with van der Waals surface area (Å²) >= 11 is 0. The van der Waals surface area contributed by atoms with Crippen LogP contribution >= 0.6 is 0 Å². The summed E-state index contributed by atoms with van der Waals surface area (Å²) in [5.41, 5.74) is 3.20. The van der Waals surface area contributed by atoms with Crippen LogP contribution in [0.15, 0.2) is 30.3 Å². The lowest BCUT2D eigenvalue weighted by Gasteiger charge is -2.16. The van der Waals surface area contributed by atoms with Crippen LogP contribution in [0.4, 0.5) is 13.2 Å². The normalized spacial score (nSPS) is 17.3. The summed E-state index contributed by atoms with van der Waals surface area (Å²) in [7, 11) is 0. The van der Waals surface area contributed by atoms with Gasteiger partial charge in [0.05, 0.1) is 5.56 Å². The summed E-state index contributed by atoms with van der Waals surface area (Å²) in [5, 5.41) is 0. The second-order valence-corrected chi connectivity index (χ2v) is 5.70. The molecule has 1 nitrogen and oxygen atoms in total. The fourth-order valence-corrected chi connectivity index (χ4v) is 2.84. The predicted octanol–water partition coefficient (Wildman–Crippen LogP) is 5.13. The van der Waals surface area contributed by atoms with E-state index in [9.17, 15) is 13.2 Å². The minimum Gasteiger partial charge on any atom is -0.489 e. The van der Waals surface area contributed by atoms with Crippen molar-refractivity contribution in [2.75, 3.05) is 0 Å². The van der Waals surface area contributed by atoms with E-state index in [4.69, 9.17) is 4.74 Å². The Morgan fingerprint density at radius 1 is 1.14 bits per heavy atom. The van der Waals surface area contributed by atoms with Crippen molar-refractivity contribution < 1.29 is 17.9 Å². The molecule has 1 aliphatic rings. The lowest BCUT2D eigenvalue weighted by atomic mass is 9.93. The minimum atomic E-state index is -4.37. The van der Waals surface area contributed by atoms with Gasteiger partial charge in [0, 0.05) is 12.0 Å². The molecule has 2 aromatic carbocycles. The Morgan fingerprint density at radius 2 is 1.86 bits per heavy atom. The lowest BCUT2D eigenvalue weighted by molar-refractivity contribution is -0.137. The highest BCUT2D eigenvalue weighted by Crippen LogP contribution is 2.44. The number of ether oxygens (including phenoxy) is 1. The van der Waals surface area contributed by atoms with Gasteiger partial charge >= 0.3 is 6.18 Å². The maximum Gasteiger partial charge on any atom is 0.416 e. The number of aryl methyl sites for hydroxylation is 1. The van der Waals surface area contributed by atoms with Gasteiger partial charge in [0.25, 0.3) is 0 Å². The number of rotatable bonds is 1. The number of alkyl halides is 3. The molecule has 4 heteroatoms. The summed E-state index contributed by atoms with van der Waals surface area (Å²) in [6.45, 7) is 7.67. The van der Waals surface area contributed by atoms with E-state index in [1.807, 2.05) is 32.0 Å². The monoisotopic (exact) mass is 305 g/mol. The Kier molecular flexibility index (Phi) is 3.42. The molecular weight excluding hydrogens is 289 g/mol. The molecule has 3 rings (SSSR count). The first-order chi connectivity index (χ1) is 10.3. The van der Waals surface area contributed by atoms with Gasteiger partial charge in [-0.1, -0.05) is 18.2 Å². The van der Waals surface area contributed by atoms with Crippen molar-refractivity contribution in [2.24, 2.45) is 0 Å². The molecule has 0 aromatic heterocycles. The second kappa shape index (κ2) is 5.04. The van der Waals surface area contributed by atoms with Crippen molar-refractivity contribution in [1.29, 1.82) is 0 Å². The van der Waals surface area contributed by atoms with E-state index in [2.05, 4.69) is 6.92 Å². The van der Waals surface area contributed by atoms with Crippen LogP contribution in [0, 0.1) is 20.8 Å². The highest BCUT2D eigenvalue weighted by atomic mass is 19.4. The van der Waals surface area contributed by atoms with E-state index >= 15 is 0 Å². The zero-order valence-electron chi connectivity index (χ0n) is 12.4. The molecule has 1 radical (unpaired) electrons. The Bertz CT molecular complexity index is 732. The first-order valence-corrected chi connectivity index (χ1v) is 7.08. The van der Waals surface area contributed by atoms with Crippen LogP contribution in [0.3, 0.4) is 0 Å². The molecule has 0 aliphatic carbocycles. The molecule has 2 aromatic rings. The van der Waals surface area contributed by atoms with E-state index in [0.717, 1.165) is 16.7 Å². The Hall–Kier alpha value is -1.97. The van der Waals surface area contributed by atoms with Gasteiger partial charge in [0.1, 0.15) is 11.9 Å². The third-order valence-corrected chi connectivity index (χ3v) is 4.12. The molecular formula is C18H16F3O. The SMILES string of the molecule is [CH2]C1Cc2cc(C(F)(F)F)cc(-c3cccc(C)c3C)c2O1. The molecule has 22 heavy (non-hydrogen) atoms. The number of fused-ring (bicyclic) bond motifs is 1. The molecule has 0 amide bonds. The van der Waals surface area contributed by atoms with E-state index < -0.39 is 11.7 Å². The largest absolute Gasteiger partial charge is 0.489 e. The van der Waals surface area contributed by atoms with Crippen LogP contribution in [-0.2, 0) is 12.6 Å². The van der Waals surface area contributed by atoms with Crippen molar-refractivity contribution in [2.45, 2.75) is 32.5 Å². The molecule has 0 bridgehead atoms. The number of halogens is 3. The van der Waals surface area contributed by atoms with E-state index in [-0.39, 0.29) is 6.10 Å². The highest BCUT2D eigenvalue weighted by molar-refractivity contribution is 5.77. The van der Waals surface area contributed by atoms with Crippen LogP contribution in [-0.4, -0.2) is 6.10 Å². The second-order valence-electron chi connectivity index (χ2n) is 5.70. The van der Waals surface area contributed by atoms with Crippen molar-refractivity contribution >= 4 is 0 Å². The summed E-state index contributed by atoms with van der Waals surface area (Å²) in [6, 6.07) is 7.98. The van der Waals surface area contributed by atoms with Gasteiger partial charge in [-0.25, -0.2) is 0 Å². The summed E-state index contributed by atoms with van der Waals surface area (Å²) < 4.78 is 45.2. The smallest absolute Gasteiger partial charge is 0.416 e. The lowest BCUT2D eigenvalue weighted by Crippen LogP contribution is -2.06. The molecule has 1 unspecified atom stereocenters. The standard InChI is InChI=1S/C18H16F3O/c1-10-5-4-6-15(12(10)3)16-9-14(18(19,20)21)8-13-7-11(2)22-17(13)16/h4-6,8-9,11H,2,7H2,1,3H3. The predicted molar refractivity (Wildman–Crippen MR) is 79.8 cm³/mol. The number of hydrogen-bond acceptors (Lipinski definition) is 1. The Morgan fingerprint density at radius 3 is 2.55 bits per heavy atom. The van der Waals surface area contributed by atoms with Crippen molar-refractivity contribution in [3.05, 3.63) is 59.5 Å². The molecule has 1 heterocycles. The number of benzene rings is 2. The molecule has 0 fully saturated rings. The van der Waals surface area contributed by atoms with E-state index in [1.165, 1.54) is 12.1 Å². The quantitative estimate of drug-likeness (QED) is 0.710. The topological polar surface area (TPSA) is 9.23 Å². The molecule has 115 valence electrons. The number of hydrogen-bond donors (Lipinski definition) is 0. The zero-order chi connectivity index (χ0) is 16.1. The van der Waals surface area contributed by atoms with Crippen LogP contribution in [0.1, 0.15) is 22.3 Å². The van der Waals surface area contributed by atoms with Gasteiger partial charge in [-0.2, -0.15) is 13.2 Å². The summed E-state index contributed by atoms with van der Waals surface area (Å²) in [5.74, 6) is 0.529. The van der Waals surface area contributed by atoms with E-state index in [0.29, 0.717) is 23.3 Å². The van der Waals surface area contributed by atoms with Gasteiger partial charge in [0.2, 0.25) is 0 Å². The molecule has 1 aliphatic heterocycles. The fourth-order valence-electron chi connectivity index (χ4n) is 2.84. The van der Waals surface area contributed by atoms with Gasteiger partial charge in [-0.05, 0) is 55.2 Å². The molecule has 0 saturated carbocycles. The van der Waals surface area contributed by atoms with Gasteiger partial charge in [0.15, 0.2) is 0 Å². The third kappa shape index (κ3) is 2.47. The molecule has 1 atom stereocenters. The van der Waals surface area contributed by atoms with Gasteiger partial charge in [-0.3, -0.25) is 0 Å². The average molecular weight is 305 g/mol. The average Bonchev–Trinajstić information content (AvgIpc) is 2.80. The molecule has 0 spiro atoms. The van der Waals surface area contributed by atoms with Crippen molar-refractivity contribution in [3.8, 4) is 16.9 Å². The fraction of sp³-hybridized carbons (Fsp3) is 0.278. The third-order valence-electron chi connectivity index (χ3n) is 4.12.